The summed E-state index contributed by atoms with van der Waals surface area (Å²) in [7, 11) is 0. The fourth-order valence-corrected chi connectivity index (χ4v) is 2.33. The lowest BCUT2D eigenvalue weighted by molar-refractivity contribution is 0.984. The largest absolute Gasteiger partial charge is 0.334 e. The van der Waals surface area contributed by atoms with Crippen LogP contribution in [-0.4, -0.2) is 25.3 Å². The molecule has 2 aromatic heterocycles. The van der Waals surface area contributed by atoms with Gasteiger partial charge in [-0.25, -0.2) is 14.2 Å². The molecule has 3 heterocycles. The Morgan fingerprint density at radius 2 is 2.05 bits per heavy atom. The number of benzene rings is 1. The third kappa shape index (κ3) is 1.43. The highest BCUT2D eigenvalue weighted by Gasteiger charge is 2.21. The second-order valence-corrected chi connectivity index (χ2v) is 4.38. The highest BCUT2D eigenvalue weighted by molar-refractivity contribution is 6.07. The molecule has 0 unspecified atom stereocenters. The molecule has 19 heavy (non-hydrogen) atoms. The number of aliphatic imine (C=N–C) groups is 1. The third-order valence-corrected chi connectivity index (χ3v) is 3.25. The van der Waals surface area contributed by atoms with E-state index in [2.05, 4.69) is 20.2 Å². The molecule has 3 aromatic rings. The van der Waals surface area contributed by atoms with Crippen LogP contribution in [0.3, 0.4) is 0 Å². The highest BCUT2D eigenvalue weighted by atomic mass is 16.1. The third-order valence-electron chi connectivity index (χ3n) is 3.25. The first kappa shape index (κ1) is 10.2. The van der Waals surface area contributed by atoms with E-state index in [0.29, 0.717) is 17.9 Å². The summed E-state index contributed by atoms with van der Waals surface area (Å²) in [5.41, 5.74) is 3.21. The summed E-state index contributed by atoms with van der Waals surface area (Å²) in [5.74, 6) is 0.587. The molecule has 0 radical (unpaired) electrons. The van der Waals surface area contributed by atoms with Crippen molar-refractivity contribution in [2.75, 3.05) is 0 Å². The van der Waals surface area contributed by atoms with E-state index in [1.807, 2.05) is 30.3 Å². The molecule has 0 saturated carbocycles. The minimum Gasteiger partial charge on any atom is -0.291 e. The van der Waals surface area contributed by atoms with Gasteiger partial charge in [0.2, 0.25) is 0 Å². The van der Waals surface area contributed by atoms with Gasteiger partial charge in [-0.3, -0.25) is 4.98 Å². The van der Waals surface area contributed by atoms with E-state index in [9.17, 15) is 4.79 Å². The van der Waals surface area contributed by atoms with Crippen LogP contribution in [0.2, 0.25) is 0 Å². The van der Waals surface area contributed by atoms with Crippen LogP contribution in [0.4, 0.5) is 5.82 Å². The number of H-pyrrole nitrogens is 1. The standard InChI is InChI=1S/C13H9N5O/c19-13-16-11-9(12-17-14-7-18(12)13)6-10(15-11)8-4-2-1-3-5-8/h1-5,7H,6H2,(H,16,19). The average molecular weight is 251 g/mol. The van der Waals surface area contributed by atoms with Crippen LogP contribution in [0.5, 0.6) is 0 Å². The van der Waals surface area contributed by atoms with Crippen molar-refractivity contribution in [1.82, 2.24) is 19.6 Å². The zero-order chi connectivity index (χ0) is 12.8. The van der Waals surface area contributed by atoms with Crippen LogP contribution in [0.1, 0.15) is 11.1 Å². The van der Waals surface area contributed by atoms with Gasteiger partial charge in [-0.15, -0.1) is 10.2 Å². The zero-order valence-electron chi connectivity index (χ0n) is 9.87. The molecule has 0 atom stereocenters. The minimum atomic E-state index is -0.267. The summed E-state index contributed by atoms with van der Waals surface area (Å²) >= 11 is 0. The lowest BCUT2D eigenvalue weighted by Gasteiger charge is -1.99. The molecule has 4 rings (SSSR count). The summed E-state index contributed by atoms with van der Waals surface area (Å²) in [6, 6.07) is 9.91. The second kappa shape index (κ2) is 3.61. The van der Waals surface area contributed by atoms with Crippen LogP contribution in [0.25, 0.3) is 5.65 Å². The van der Waals surface area contributed by atoms with Crippen LogP contribution in [0.15, 0.2) is 46.4 Å². The summed E-state index contributed by atoms with van der Waals surface area (Å²) in [6.45, 7) is 0. The van der Waals surface area contributed by atoms with Crippen molar-refractivity contribution in [2.24, 2.45) is 4.99 Å². The van der Waals surface area contributed by atoms with E-state index in [0.717, 1.165) is 16.8 Å². The van der Waals surface area contributed by atoms with E-state index in [4.69, 9.17) is 0 Å². The number of nitrogens with zero attached hydrogens (tertiary/aromatic N) is 4. The lowest BCUT2D eigenvalue weighted by Crippen LogP contribution is -2.16. The van der Waals surface area contributed by atoms with Gasteiger partial charge >= 0.3 is 5.69 Å². The number of fused-ring (bicyclic) bond motifs is 3. The molecule has 6 nitrogen and oxygen atoms in total. The summed E-state index contributed by atoms with van der Waals surface area (Å²) < 4.78 is 1.41. The first-order chi connectivity index (χ1) is 9.33. The molecule has 1 N–H and O–H groups in total. The Balaban J connectivity index is 1.91. The minimum absolute atomic E-state index is 0.267. The topological polar surface area (TPSA) is 75.4 Å². The molecule has 1 aliphatic rings. The van der Waals surface area contributed by atoms with Gasteiger partial charge < -0.3 is 0 Å². The van der Waals surface area contributed by atoms with Crippen LogP contribution >= 0.6 is 0 Å². The normalized spacial score (nSPS) is 13.6. The average Bonchev–Trinajstić information content (AvgIpc) is 3.05. The number of hydrogen-bond acceptors (Lipinski definition) is 4. The zero-order valence-corrected chi connectivity index (χ0v) is 9.87. The molecule has 1 aliphatic heterocycles. The van der Waals surface area contributed by atoms with E-state index in [1.54, 1.807) is 0 Å². The van der Waals surface area contributed by atoms with Gasteiger partial charge in [0.05, 0.1) is 5.71 Å². The molecule has 0 fully saturated rings. The Bertz CT molecular complexity index is 860. The molecule has 0 amide bonds. The van der Waals surface area contributed by atoms with Gasteiger partial charge in [0, 0.05) is 12.0 Å². The van der Waals surface area contributed by atoms with Gasteiger partial charge in [-0.2, -0.15) is 0 Å². The Morgan fingerprint density at radius 1 is 1.21 bits per heavy atom. The Hall–Kier alpha value is -2.76. The Labute approximate surface area is 107 Å². The molecule has 1 aromatic carbocycles. The fourth-order valence-electron chi connectivity index (χ4n) is 2.33. The maximum atomic E-state index is 11.8. The molecule has 0 bridgehead atoms. The molecule has 0 aliphatic carbocycles. The number of aromatic nitrogens is 4. The molecule has 0 spiro atoms. The quantitative estimate of drug-likeness (QED) is 0.703. The molecular weight excluding hydrogens is 242 g/mol. The molecule has 6 heteroatoms. The van der Waals surface area contributed by atoms with Gasteiger partial charge in [-0.1, -0.05) is 30.3 Å². The van der Waals surface area contributed by atoms with Crippen molar-refractivity contribution in [3.8, 4) is 0 Å². The second-order valence-electron chi connectivity index (χ2n) is 4.38. The number of nitrogens with one attached hydrogen (secondary N) is 1. The number of rotatable bonds is 1. The van der Waals surface area contributed by atoms with Crippen molar-refractivity contribution in [2.45, 2.75) is 6.42 Å². The van der Waals surface area contributed by atoms with Crippen molar-refractivity contribution in [3.63, 3.8) is 0 Å². The summed E-state index contributed by atoms with van der Waals surface area (Å²) in [5, 5.41) is 7.78. The van der Waals surface area contributed by atoms with Gasteiger partial charge in [-0.05, 0) is 5.56 Å². The fraction of sp³-hybridized carbons (Fsp3) is 0.0769. The Kier molecular flexibility index (Phi) is 1.94. The highest BCUT2D eigenvalue weighted by Crippen LogP contribution is 2.27. The van der Waals surface area contributed by atoms with E-state index in [-0.39, 0.29) is 5.69 Å². The maximum Gasteiger partial charge on any atom is 0.334 e. The first-order valence-corrected chi connectivity index (χ1v) is 5.91. The summed E-state index contributed by atoms with van der Waals surface area (Å²) in [6.07, 6.45) is 2.06. The van der Waals surface area contributed by atoms with E-state index < -0.39 is 0 Å². The SMILES string of the molecule is O=c1[nH]c2c(c3nncn13)CC(c1ccccc1)=N2. The molecular formula is C13H9N5O. The molecule has 0 saturated heterocycles. The first-order valence-electron chi connectivity index (χ1n) is 5.91. The predicted octanol–water partition coefficient (Wildman–Crippen LogP) is 1.09. The van der Waals surface area contributed by atoms with Gasteiger partial charge in [0.25, 0.3) is 0 Å². The predicted molar refractivity (Wildman–Crippen MR) is 70.0 cm³/mol. The van der Waals surface area contributed by atoms with E-state index in [1.165, 1.54) is 10.7 Å². The van der Waals surface area contributed by atoms with Crippen molar-refractivity contribution < 1.29 is 0 Å². The van der Waals surface area contributed by atoms with E-state index >= 15 is 0 Å². The summed E-state index contributed by atoms with van der Waals surface area (Å²) in [4.78, 5) is 19.0. The van der Waals surface area contributed by atoms with Crippen molar-refractivity contribution in [1.29, 1.82) is 0 Å². The maximum absolute atomic E-state index is 11.8. The molecule has 92 valence electrons. The van der Waals surface area contributed by atoms with Crippen molar-refractivity contribution in [3.05, 3.63) is 58.3 Å². The smallest absolute Gasteiger partial charge is 0.291 e. The van der Waals surface area contributed by atoms with Crippen LogP contribution < -0.4 is 5.69 Å². The Morgan fingerprint density at radius 3 is 2.89 bits per heavy atom. The van der Waals surface area contributed by atoms with Crippen LogP contribution in [-0.2, 0) is 6.42 Å². The van der Waals surface area contributed by atoms with Gasteiger partial charge in [0.1, 0.15) is 12.1 Å². The number of aromatic amines is 1. The lowest BCUT2D eigenvalue weighted by atomic mass is 10.1. The number of hydrogen-bond donors (Lipinski definition) is 1. The monoisotopic (exact) mass is 251 g/mol. The van der Waals surface area contributed by atoms with Gasteiger partial charge in [0.15, 0.2) is 5.65 Å². The van der Waals surface area contributed by atoms with Crippen LogP contribution in [0, 0.1) is 0 Å². The van der Waals surface area contributed by atoms with Crippen molar-refractivity contribution >= 4 is 17.2 Å².